The lowest BCUT2D eigenvalue weighted by molar-refractivity contribution is 0.626. The van der Waals surface area contributed by atoms with Crippen LogP contribution in [0.15, 0.2) is 34.8 Å². The molecule has 25 heavy (non-hydrogen) atoms. The second-order valence-corrected chi connectivity index (χ2v) is 7.98. The van der Waals surface area contributed by atoms with Crippen molar-refractivity contribution < 1.29 is 0 Å². The van der Waals surface area contributed by atoms with E-state index in [1.807, 2.05) is 0 Å². The van der Waals surface area contributed by atoms with Crippen LogP contribution < -0.4 is 0 Å². The lowest BCUT2D eigenvalue weighted by Gasteiger charge is -2.09. The molecule has 3 rings (SSSR count). The van der Waals surface area contributed by atoms with Crippen molar-refractivity contribution in [3.8, 4) is 11.4 Å². The van der Waals surface area contributed by atoms with E-state index in [1.54, 1.807) is 23.1 Å². The van der Waals surface area contributed by atoms with Crippen molar-refractivity contribution in [2.75, 3.05) is 0 Å². The van der Waals surface area contributed by atoms with E-state index >= 15 is 0 Å². The molecule has 0 atom stereocenters. The fourth-order valence-corrected chi connectivity index (χ4v) is 4.56. The molecule has 0 spiro atoms. The number of hydrogen-bond donors (Lipinski definition) is 0. The maximum atomic E-state index is 4.71. The molecule has 6 heteroatoms. The summed E-state index contributed by atoms with van der Waals surface area (Å²) >= 11 is 3.48. The van der Waals surface area contributed by atoms with Crippen LogP contribution in [-0.2, 0) is 18.7 Å². The molecule has 0 saturated carbocycles. The van der Waals surface area contributed by atoms with Gasteiger partial charge in [0.15, 0.2) is 11.0 Å². The largest absolute Gasteiger partial charge is 0.302 e. The van der Waals surface area contributed by atoms with Gasteiger partial charge in [0.25, 0.3) is 0 Å². The third kappa shape index (κ3) is 4.50. The van der Waals surface area contributed by atoms with Gasteiger partial charge in [0, 0.05) is 23.2 Å². The van der Waals surface area contributed by atoms with Crippen LogP contribution in [0.2, 0.25) is 0 Å². The van der Waals surface area contributed by atoms with Crippen LogP contribution in [0.4, 0.5) is 0 Å². The van der Waals surface area contributed by atoms with Gasteiger partial charge < -0.3 is 4.57 Å². The molecule has 0 saturated heterocycles. The highest BCUT2D eigenvalue weighted by Crippen LogP contribution is 2.27. The van der Waals surface area contributed by atoms with Gasteiger partial charge in [-0.25, -0.2) is 4.98 Å². The number of nitrogens with zero attached hydrogens (tertiary/aromatic N) is 4. The van der Waals surface area contributed by atoms with Gasteiger partial charge in [-0.15, -0.1) is 21.5 Å². The molecule has 0 amide bonds. The second-order valence-electron chi connectivity index (χ2n) is 6.10. The highest BCUT2D eigenvalue weighted by Gasteiger charge is 2.14. The number of thiazole rings is 1. The van der Waals surface area contributed by atoms with Crippen LogP contribution in [0.25, 0.3) is 11.4 Å². The summed E-state index contributed by atoms with van der Waals surface area (Å²) in [5, 5.41) is 13.3. The number of benzene rings is 1. The van der Waals surface area contributed by atoms with Gasteiger partial charge in [0.1, 0.15) is 0 Å². The second kappa shape index (κ2) is 8.63. The Morgan fingerprint density at radius 2 is 2.04 bits per heavy atom. The van der Waals surface area contributed by atoms with Crippen LogP contribution >= 0.6 is 23.1 Å². The Kier molecular flexibility index (Phi) is 6.26. The molecule has 0 N–H and O–H groups in total. The molecular formula is C19H24N4S2. The number of rotatable bonds is 8. The van der Waals surface area contributed by atoms with E-state index in [9.17, 15) is 0 Å². The zero-order chi connectivity index (χ0) is 17.6. The average Bonchev–Trinajstić information content (AvgIpc) is 3.21. The first-order valence-corrected chi connectivity index (χ1v) is 10.6. The van der Waals surface area contributed by atoms with Gasteiger partial charge in [0.05, 0.1) is 10.7 Å². The van der Waals surface area contributed by atoms with E-state index in [1.165, 1.54) is 10.6 Å². The van der Waals surface area contributed by atoms with Gasteiger partial charge in [-0.1, -0.05) is 49.4 Å². The Labute approximate surface area is 157 Å². The minimum absolute atomic E-state index is 0.843. The van der Waals surface area contributed by atoms with Crippen molar-refractivity contribution in [1.82, 2.24) is 19.7 Å². The van der Waals surface area contributed by atoms with Crippen LogP contribution in [0.1, 0.15) is 43.0 Å². The summed E-state index contributed by atoms with van der Waals surface area (Å²) in [6, 6.07) is 8.46. The minimum atomic E-state index is 0.843. The fourth-order valence-electron chi connectivity index (χ4n) is 2.70. The van der Waals surface area contributed by atoms with E-state index in [-0.39, 0.29) is 0 Å². The summed E-state index contributed by atoms with van der Waals surface area (Å²) in [5.74, 6) is 1.80. The van der Waals surface area contributed by atoms with Crippen molar-refractivity contribution in [2.24, 2.45) is 0 Å². The topological polar surface area (TPSA) is 43.6 Å². The quantitative estimate of drug-likeness (QED) is 0.499. The molecule has 0 bridgehead atoms. The maximum absolute atomic E-state index is 4.71. The number of aryl methyl sites for hydroxylation is 2. The molecule has 0 unspecified atom stereocenters. The summed E-state index contributed by atoms with van der Waals surface area (Å²) in [5.41, 5.74) is 3.51. The normalized spacial score (nSPS) is 11.2. The predicted molar refractivity (Wildman–Crippen MR) is 106 cm³/mol. The van der Waals surface area contributed by atoms with Crippen LogP contribution in [0, 0.1) is 6.92 Å². The number of hydrogen-bond acceptors (Lipinski definition) is 5. The van der Waals surface area contributed by atoms with Gasteiger partial charge in [-0.2, -0.15) is 0 Å². The van der Waals surface area contributed by atoms with Crippen LogP contribution in [0.3, 0.4) is 0 Å². The summed E-state index contributed by atoms with van der Waals surface area (Å²) < 4.78 is 2.23. The van der Waals surface area contributed by atoms with Gasteiger partial charge in [-0.3, -0.25) is 0 Å². The van der Waals surface area contributed by atoms with Crippen LogP contribution in [-0.4, -0.2) is 19.7 Å². The predicted octanol–water partition coefficient (Wildman–Crippen LogP) is 5.36. The van der Waals surface area contributed by atoms with E-state index in [2.05, 4.69) is 65.2 Å². The van der Waals surface area contributed by atoms with Crippen LogP contribution in [0.5, 0.6) is 0 Å². The van der Waals surface area contributed by atoms with Gasteiger partial charge in [-0.05, 0) is 32.3 Å². The zero-order valence-corrected chi connectivity index (χ0v) is 16.7. The molecule has 1 aromatic carbocycles. The van der Waals surface area contributed by atoms with Crippen molar-refractivity contribution in [3.05, 3.63) is 45.9 Å². The molecule has 132 valence electrons. The summed E-state index contributed by atoms with van der Waals surface area (Å²) in [6.07, 6.45) is 3.27. The summed E-state index contributed by atoms with van der Waals surface area (Å²) in [7, 11) is 0. The van der Waals surface area contributed by atoms with Crippen molar-refractivity contribution in [1.29, 1.82) is 0 Å². The lowest BCUT2D eigenvalue weighted by Crippen LogP contribution is -2.02. The third-order valence-electron chi connectivity index (χ3n) is 3.85. The Morgan fingerprint density at radius 1 is 1.16 bits per heavy atom. The Hall–Kier alpha value is -1.66. The molecule has 0 radical (unpaired) electrons. The molecular weight excluding hydrogens is 348 g/mol. The van der Waals surface area contributed by atoms with Crippen molar-refractivity contribution >= 4 is 23.1 Å². The first-order chi connectivity index (χ1) is 12.2. The average molecular weight is 373 g/mol. The Morgan fingerprint density at radius 3 is 2.80 bits per heavy atom. The van der Waals surface area contributed by atoms with E-state index in [0.29, 0.717) is 0 Å². The lowest BCUT2D eigenvalue weighted by atomic mass is 10.1. The van der Waals surface area contributed by atoms with Gasteiger partial charge >= 0.3 is 0 Å². The summed E-state index contributed by atoms with van der Waals surface area (Å²) in [6.45, 7) is 7.41. The number of thioether (sulfide) groups is 1. The smallest absolute Gasteiger partial charge is 0.191 e. The highest BCUT2D eigenvalue weighted by molar-refractivity contribution is 7.98. The number of aromatic nitrogens is 4. The third-order valence-corrected chi connectivity index (χ3v) is 5.81. The van der Waals surface area contributed by atoms with Crippen molar-refractivity contribution in [2.45, 2.75) is 57.5 Å². The van der Waals surface area contributed by atoms with E-state index in [0.717, 1.165) is 53.8 Å². The molecule has 2 aromatic heterocycles. The first-order valence-electron chi connectivity index (χ1n) is 8.77. The molecule has 0 aliphatic heterocycles. The standard InChI is InChI=1S/C19H24N4S2/c1-4-7-17-20-16(12-24-17)13-25-19-22-21-18(23(19)10-5-2)15-9-6-8-14(3)11-15/h6,8-9,11-12H,4-5,7,10,13H2,1-3H3. The fraction of sp³-hybridized carbons (Fsp3) is 0.421. The van der Waals surface area contributed by atoms with E-state index in [4.69, 9.17) is 4.98 Å². The first kappa shape index (κ1) is 18.1. The minimum Gasteiger partial charge on any atom is -0.302 e. The highest BCUT2D eigenvalue weighted by atomic mass is 32.2. The van der Waals surface area contributed by atoms with Gasteiger partial charge in [0.2, 0.25) is 0 Å². The maximum Gasteiger partial charge on any atom is 0.191 e. The summed E-state index contributed by atoms with van der Waals surface area (Å²) in [4.78, 5) is 4.71. The van der Waals surface area contributed by atoms with E-state index < -0.39 is 0 Å². The van der Waals surface area contributed by atoms with Crippen molar-refractivity contribution in [3.63, 3.8) is 0 Å². The SMILES string of the molecule is CCCc1nc(CSc2nnc(-c3cccc(C)c3)n2CCC)cs1. The molecule has 0 aliphatic carbocycles. The molecule has 2 heterocycles. The molecule has 3 aromatic rings. The molecule has 0 fully saturated rings. The monoisotopic (exact) mass is 372 g/mol. The molecule has 0 aliphatic rings. The zero-order valence-electron chi connectivity index (χ0n) is 15.0. The Bertz CT molecular complexity index is 822. The molecule has 4 nitrogen and oxygen atoms in total. The Balaban J connectivity index is 1.79.